The molecule has 0 bridgehead atoms. The Morgan fingerprint density at radius 1 is 1.12 bits per heavy atom. The highest BCUT2D eigenvalue weighted by atomic mass is 16.5. The van der Waals surface area contributed by atoms with Crippen LogP contribution in [0, 0.1) is 0 Å². The van der Waals surface area contributed by atoms with Gasteiger partial charge >= 0.3 is 0 Å². The number of benzene rings is 1. The molecule has 0 radical (unpaired) electrons. The molecule has 0 aliphatic heterocycles. The molecule has 2 rings (SSSR count). The Kier molecular flexibility index (Phi) is 6.27. The highest BCUT2D eigenvalue weighted by Crippen LogP contribution is 2.34. The Morgan fingerprint density at radius 3 is 2.28 bits per heavy atom. The molecule has 0 aliphatic rings. The molecule has 0 spiro atoms. The largest absolute Gasteiger partial charge is 0.496 e. The minimum atomic E-state index is -0.242. The van der Waals surface area contributed by atoms with Gasteiger partial charge < -0.3 is 19.5 Å². The van der Waals surface area contributed by atoms with Crippen molar-refractivity contribution in [3.63, 3.8) is 0 Å². The molecule has 0 unspecified atom stereocenters. The average molecular weight is 347 g/mol. The van der Waals surface area contributed by atoms with E-state index in [1.165, 1.54) is 21.3 Å². The Hall–Kier alpha value is -2.70. The first-order valence-electron chi connectivity index (χ1n) is 8.21. The molecule has 136 valence electrons. The Bertz CT molecular complexity index is 727. The number of carbonyl (C=O) groups excluding carboxylic acids is 1. The lowest BCUT2D eigenvalue weighted by Gasteiger charge is -2.18. The molecule has 0 saturated carbocycles. The fourth-order valence-electron chi connectivity index (χ4n) is 2.60. The zero-order chi connectivity index (χ0) is 18.4. The van der Waals surface area contributed by atoms with Gasteiger partial charge in [-0.15, -0.1) is 0 Å². The first-order valence-corrected chi connectivity index (χ1v) is 8.21. The van der Waals surface area contributed by atoms with Crippen molar-refractivity contribution in [3.8, 4) is 17.2 Å². The van der Waals surface area contributed by atoms with Gasteiger partial charge in [-0.1, -0.05) is 6.92 Å². The smallest absolute Gasteiger partial charge is 0.255 e. The van der Waals surface area contributed by atoms with E-state index in [0.717, 1.165) is 18.5 Å². The highest BCUT2D eigenvalue weighted by molar-refractivity contribution is 5.98. The maximum Gasteiger partial charge on any atom is 0.255 e. The average Bonchev–Trinajstić information content (AvgIpc) is 3.13. The number of aromatic nitrogens is 2. The van der Waals surface area contributed by atoms with Crippen molar-refractivity contribution < 1.29 is 19.0 Å². The summed E-state index contributed by atoms with van der Waals surface area (Å²) in [6.45, 7) is 4.82. The van der Waals surface area contributed by atoms with Crippen molar-refractivity contribution in [3.05, 3.63) is 35.7 Å². The number of amides is 1. The Balaban J connectivity index is 2.29. The van der Waals surface area contributed by atoms with Crippen LogP contribution in [0.1, 0.15) is 42.2 Å². The summed E-state index contributed by atoms with van der Waals surface area (Å²) in [4.78, 5) is 12.8. The molecular weight excluding hydrogens is 322 g/mol. The molecule has 1 N–H and O–H groups in total. The fourth-order valence-corrected chi connectivity index (χ4v) is 2.60. The number of rotatable bonds is 8. The molecule has 1 aromatic carbocycles. The fraction of sp³-hybridized carbons (Fsp3) is 0.444. The van der Waals surface area contributed by atoms with Crippen LogP contribution in [-0.2, 0) is 6.54 Å². The molecule has 1 amide bonds. The van der Waals surface area contributed by atoms with E-state index >= 15 is 0 Å². The molecule has 7 nitrogen and oxygen atoms in total. The molecule has 7 heteroatoms. The minimum absolute atomic E-state index is 0.134. The number of hydrogen-bond donors (Lipinski definition) is 1. The lowest BCUT2D eigenvalue weighted by Crippen LogP contribution is -2.28. The minimum Gasteiger partial charge on any atom is -0.496 e. The van der Waals surface area contributed by atoms with E-state index in [-0.39, 0.29) is 11.9 Å². The van der Waals surface area contributed by atoms with Crippen LogP contribution < -0.4 is 19.5 Å². The summed E-state index contributed by atoms with van der Waals surface area (Å²) in [6.07, 6.45) is 4.47. The summed E-state index contributed by atoms with van der Waals surface area (Å²) in [7, 11) is 4.58. The Morgan fingerprint density at radius 2 is 1.76 bits per heavy atom. The summed E-state index contributed by atoms with van der Waals surface area (Å²) in [5, 5.41) is 7.30. The highest BCUT2D eigenvalue weighted by Gasteiger charge is 2.21. The van der Waals surface area contributed by atoms with Crippen LogP contribution in [0.15, 0.2) is 24.5 Å². The summed E-state index contributed by atoms with van der Waals surface area (Å²) >= 11 is 0. The monoisotopic (exact) mass is 347 g/mol. The van der Waals surface area contributed by atoms with Gasteiger partial charge in [0.2, 0.25) is 0 Å². The number of carbonyl (C=O) groups is 1. The van der Waals surface area contributed by atoms with E-state index in [4.69, 9.17) is 14.2 Å². The number of nitrogens with zero attached hydrogens (tertiary/aromatic N) is 2. The van der Waals surface area contributed by atoms with E-state index in [1.807, 2.05) is 24.7 Å². The van der Waals surface area contributed by atoms with E-state index < -0.39 is 0 Å². The second-order valence-corrected chi connectivity index (χ2v) is 5.47. The molecule has 0 aliphatic carbocycles. The summed E-state index contributed by atoms with van der Waals surface area (Å²) in [5.74, 6) is 1.16. The molecule has 0 saturated heterocycles. The third-order valence-corrected chi connectivity index (χ3v) is 4.04. The standard InChI is InChI=1S/C18H25N3O4/c1-6-14(12-10-19-21(7-2)11-12)20-18(22)13-8-16(24-4)17(25-5)9-15(13)23-3/h8-11,14H,6-7H2,1-5H3,(H,20,22)/t14-/m1/s1. The third-order valence-electron chi connectivity index (χ3n) is 4.04. The van der Waals surface area contributed by atoms with Crippen LogP contribution in [0.5, 0.6) is 17.2 Å². The molecule has 2 aromatic rings. The van der Waals surface area contributed by atoms with Gasteiger partial charge in [-0.25, -0.2) is 0 Å². The summed E-state index contributed by atoms with van der Waals surface area (Å²) in [5.41, 5.74) is 1.36. The quantitative estimate of drug-likeness (QED) is 0.795. The molecular formula is C18H25N3O4. The van der Waals surface area contributed by atoms with Gasteiger partial charge in [0.25, 0.3) is 5.91 Å². The van der Waals surface area contributed by atoms with E-state index in [2.05, 4.69) is 10.4 Å². The van der Waals surface area contributed by atoms with Gasteiger partial charge in [-0.2, -0.15) is 5.10 Å². The van der Waals surface area contributed by atoms with Crippen LogP contribution in [0.3, 0.4) is 0 Å². The first kappa shape index (κ1) is 18.6. The normalized spacial score (nSPS) is 11.7. The predicted octanol–water partition coefficient (Wildman–Crippen LogP) is 2.81. The number of aryl methyl sites for hydroxylation is 1. The van der Waals surface area contributed by atoms with Gasteiger partial charge in [0.1, 0.15) is 5.75 Å². The van der Waals surface area contributed by atoms with Crippen LogP contribution in [0.2, 0.25) is 0 Å². The van der Waals surface area contributed by atoms with Crippen LogP contribution in [-0.4, -0.2) is 37.0 Å². The Labute approximate surface area is 147 Å². The van der Waals surface area contributed by atoms with Gasteiger partial charge in [0.15, 0.2) is 11.5 Å². The van der Waals surface area contributed by atoms with Crippen molar-refractivity contribution in [1.82, 2.24) is 15.1 Å². The van der Waals surface area contributed by atoms with Gasteiger partial charge in [-0.05, 0) is 13.3 Å². The molecule has 1 heterocycles. The predicted molar refractivity (Wildman–Crippen MR) is 94.5 cm³/mol. The molecule has 1 atom stereocenters. The molecule has 25 heavy (non-hydrogen) atoms. The maximum absolute atomic E-state index is 12.8. The van der Waals surface area contributed by atoms with E-state index in [1.54, 1.807) is 18.3 Å². The van der Waals surface area contributed by atoms with Crippen LogP contribution in [0.4, 0.5) is 0 Å². The lowest BCUT2D eigenvalue weighted by molar-refractivity contribution is 0.0932. The molecule has 1 aromatic heterocycles. The second-order valence-electron chi connectivity index (χ2n) is 5.47. The zero-order valence-corrected chi connectivity index (χ0v) is 15.3. The first-order chi connectivity index (χ1) is 12.1. The van der Waals surface area contributed by atoms with Crippen molar-refractivity contribution in [2.75, 3.05) is 21.3 Å². The van der Waals surface area contributed by atoms with Crippen LogP contribution >= 0.6 is 0 Å². The third kappa shape index (κ3) is 4.04. The van der Waals surface area contributed by atoms with Crippen LogP contribution in [0.25, 0.3) is 0 Å². The van der Waals surface area contributed by atoms with E-state index in [0.29, 0.717) is 22.8 Å². The van der Waals surface area contributed by atoms with Gasteiger partial charge in [-0.3, -0.25) is 9.48 Å². The van der Waals surface area contributed by atoms with Crippen molar-refractivity contribution in [2.24, 2.45) is 0 Å². The van der Waals surface area contributed by atoms with Gasteiger partial charge in [0, 0.05) is 30.4 Å². The van der Waals surface area contributed by atoms with Crippen molar-refractivity contribution in [2.45, 2.75) is 32.9 Å². The van der Waals surface area contributed by atoms with Gasteiger partial charge in [0.05, 0.1) is 39.1 Å². The number of methoxy groups -OCH3 is 3. The molecule has 0 fully saturated rings. The second kappa shape index (κ2) is 8.41. The van der Waals surface area contributed by atoms with E-state index in [9.17, 15) is 4.79 Å². The van der Waals surface area contributed by atoms with Crippen molar-refractivity contribution in [1.29, 1.82) is 0 Å². The number of ether oxygens (including phenoxy) is 3. The summed E-state index contributed by atoms with van der Waals surface area (Å²) < 4.78 is 17.7. The SMILES string of the molecule is CC[C@@H](NC(=O)c1cc(OC)c(OC)cc1OC)c1cnn(CC)c1. The topological polar surface area (TPSA) is 74.6 Å². The number of hydrogen-bond acceptors (Lipinski definition) is 5. The lowest BCUT2D eigenvalue weighted by atomic mass is 10.1. The summed E-state index contributed by atoms with van der Waals surface area (Å²) in [6, 6.07) is 3.13. The number of nitrogens with one attached hydrogen (secondary N) is 1. The maximum atomic E-state index is 12.8. The zero-order valence-electron chi connectivity index (χ0n) is 15.3. The van der Waals surface area contributed by atoms with Crippen molar-refractivity contribution >= 4 is 5.91 Å².